The van der Waals surface area contributed by atoms with Crippen molar-refractivity contribution in [1.29, 1.82) is 0 Å². The normalized spacial score (nSPS) is 10.5. The van der Waals surface area contributed by atoms with Gasteiger partial charge in [-0.25, -0.2) is 0 Å². The summed E-state index contributed by atoms with van der Waals surface area (Å²) in [7, 11) is 0. The summed E-state index contributed by atoms with van der Waals surface area (Å²) in [5.41, 5.74) is 4.50. The van der Waals surface area contributed by atoms with Crippen molar-refractivity contribution in [3.8, 4) is 16.9 Å². The van der Waals surface area contributed by atoms with Crippen LogP contribution in [0.2, 0.25) is 0 Å². The van der Waals surface area contributed by atoms with Crippen molar-refractivity contribution in [2.24, 2.45) is 0 Å². The first kappa shape index (κ1) is 11.7. The number of benzene rings is 2. The second kappa shape index (κ2) is 5.05. The lowest BCUT2D eigenvalue weighted by atomic mass is 10.00. The molecular weight excluding hydrogens is 208 g/mol. The molecule has 0 atom stereocenters. The molecule has 0 saturated carbocycles. The molecule has 0 aliphatic heterocycles. The van der Waals surface area contributed by atoms with E-state index in [2.05, 4.69) is 31.2 Å². The van der Waals surface area contributed by atoms with Crippen LogP contribution in [-0.4, -0.2) is 5.11 Å². The van der Waals surface area contributed by atoms with Gasteiger partial charge in [-0.15, -0.1) is 0 Å². The predicted octanol–water partition coefficient (Wildman–Crippen LogP) is 4.32. The Bertz CT molecular complexity index is 497. The van der Waals surface area contributed by atoms with E-state index >= 15 is 0 Å². The van der Waals surface area contributed by atoms with Gasteiger partial charge in [0.15, 0.2) is 0 Å². The Hall–Kier alpha value is -1.76. The summed E-state index contributed by atoms with van der Waals surface area (Å²) in [5.74, 6) is 0.346. The molecule has 1 N–H and O–H groups in total. The fraction of sp³-hybridized carbons (Fsp3) is 0.250. The Labute approximate surface area is 103 Å². The van der Waals surface area contributed by atoms with Gasteiger partial charge in [-0.3, -0.25) is 0 Å². The summed E-state index contributed by atoms with van der Waals surface area (Å²) in [6.45, 7) is 4.22. The summed E-state index contributed by atoms with van der Waals surface area (Å²) in [4.78, 5) is 0. The third kappa shape index (κ3) is 2.68. The molecule has 2 rings (SSSR count). The van der Waals surface area contributed by atoms with Crippen molar-refractivity contribution in [2.75, 3.05) is 0 Å². The van der Waals surface area contributed by atoms with Gasteiger partial charge in [0, 0.05) is 5.56 Å². The Morgan fingerprint density at radius 3 is 2.35 bits per heavy atom. The molecule has 2 aromatic rings. The molecular formula is C16H18O. The van der Waals surface area contributed by atoms with Crippen LogP contribution in [0.4, 0.5) is 0 Å². The highest BCUT2D eigenvalue weighted by molar-refractivity contribution is 5.70. The second-order valence-electron chi connectivity index (χ2n) is 4.47. The van der Waals surface area contributed by atoms with Crippen molar-refractivity contribution in [3.05, 3.63) is 53.6 Å². The monoisotopic (exact) mass is 226 g/mol. The van der Waals surface area contributed by atoms with Crippen molar-refractivity contribution in [1.82, 2.24) is 0 Å². The fourth-order valence-corrected chi connectivity index (χ4v) is 2.02. The first-order valence-electron chi connectivity index (χ1n) is 6.09. The molecule has 0 spiro atoms. The largest absolute Gasteiger partial charge is 0.507 e. The molecule has 1 nitrogen and oxygen atoms in total. The van der Waals surface area contributed by atoms with Gasteiger partial charge < -0.3 is 5.11 Å². The van der Waals surface area contributed by atoms with Crippen molar-refractivity contribution in [3.63, 3.8) is 0 Å². The Morgan fingerprint density at radius 1 is 1.00 bits per heavy atom. The molecule has 88 valence electrons. The molecule has 0 bridgehead atoms. The van der Waals surface area contributed by atoms with E-state index in [1.807, 2.05) is 19.1 Å². The van der Waals surface area contributed by atoms with E-state index in [0.717, 1.165) is 29.5 Å². The van der Waals surface area contributed by atoms with E-state index in [-0.39, 0.29) is 0 Å². The maximum absolute atomic E-state index is 9.86. The van der Waals surface area contributed by atoms with Crippen molar-refractivity contribution < 1.29 is 5.11 Å². The summed E-state index contributed by atoms with van der Waals surface area (Å²) in [6, 6.07) is 14.1. The van der Waals surface area contributed by atoms with E-state index in [1.54, 1.807) is 6.07 Å². The zero-order valence-electron chi connectivity index (χ0n) is 10.4. The van der Waals surface area contributed by atoms with Gasteiger partial charge >= 0.3 is 0 Å². The van der Waals surface area contributed by atoms with Crippen LogP contribution in [0, 0.1) is 6.92 Å². The Morgan fingerprint density at radius 2 is 1.71 bits per heavy atom. The van der Waals surface area contributed by atoms with E-state index in [1.165, 1.54) is 5.56 Å². The third-order valence-electron chi connectivity index (χ3n) is 2.96. The fourth-order valence-electron chi connectivity index (χ4n) is 2.02. The zero-order valence-corrected chi connectivity index (χ0v) is 10.4. The van der Waals surface area contributed by atoms with E-state index in [9.17, 15) is 5.11 Å². The first-order valence-corrected chi connectivity index (χ1v) is 6.09. The number of phenolic OH excluding ortho intramolecular Hbond substituents is 1. The molecule has 1 heteroatoms. The summed E-state index contributed by atoms with van der Waals surface area (Å²) >= 11 is 0. The summed E-state index contributed by atoms with van der Waals surface area (Å²) in [6.07, 6.45) is 2.27. The van der Waals surface area contributed by atoms with Gasteiger partial charge in [-0.05, 0) is 36.6 Å². The highest BCUT2D eigenvalue weighted by atomic mass is 16.3. The van der Waals surface area contributed by atoms with Gasteiger partial charge in [0.2, 0.25) is 0 Å². The van der Waals surface area contributed by atoms with Crippen molar-refractivity contribution >= 4 is 0 Å². The summed E-state index contributed by atoms with van der Waals surface area (Å²) in [5, 5.41) is 9.86. The molecule has 0 amide bonds. The SMILES string of the molecule is CCCc1ccc(-c2cc(C)ccc2O)cc1. The molecule has 0 aliphatic rings. The number of rotatable bonds is 3. The molecule has 0 aromatic heterocycles. The van der Waals surface area contributed by atoms with Gasteiger partial charge in [0.05, 0.1) is 0 Å². The lowest BCUT2D eigenvalue weighted by Crippen LogP contribution is -1.85. The predicted molar refractivity (Wildman–Crippen MR) is 72.3 cm³/mol. The number of aromatic hydroxyl groups is 1. The smallest absolute Gasteiger partial charge is 0.123 e. The zero-order chi connectivity index (χ0) is 12.3. The minimum Gasteiger partial charge on any atom is -0.507 e. The average Bonchev–Trinajstić information content (AvgIpc) is 2.34. The molecule has 0 aliphatic carbocycles. The Balaban J connectivity index is 2.36. The van der Waals surface area contributed by atoms with Crippen LogP contribution in [0.15, 0.2) is 42.5 Å². The lowest BCUT2D eigenvalue weighted by Gasteiger charge is -2.07. The number of hydrogen-bond acceptors (Lipinski definition) is 1. The molecule has 2 aromatic carbocycles. The maximum Gasteiger partial charge on any atom is 0.123 e. The van der Waals surface area contributed by atoms with Crippen LogP contribution in [-0.2, 0) is 6.42 Å². The van der Waals surface area contributed by atoms with E-state index in [0.29, 0.717) is 5.75 Å². The van der Waals surface area contributed by atoms with Crippen LogP contribution in [0.3, 0.4) is 0 Å². The third-order valence-corrected chi connectivity index (χ3v) is 2.96. The molecule has 17 heavy (non-hydrogen) atoms. The molecule has 0 fully saturated rings. The van der Waals surface area contributed by atoms with Crippen molar-refractivity contribution in [2.45, 2.75) is 26.7 Å². The van der Waals surface area contributed by atoms with Gasteiger partial charge in [0.1, 0.15) is 5.75 Å². The van der Waals surface area contributed by atoms with Gasteiger partial charge in [0.25, 0.3) is 0 Å². The number of aryl methyl sites for hydroxylation is 2. The van der Waals surface area contributed by atoms with E-state index < -0.39 is 0 Å². The number of hydrogen-bond donors (Lipinski definition) is 1. The van der Waals surface area contributed by atoms with Crippen LogP contribution >= 0.6 is 0 Å². The van der Waals surface area contributed by atoms with E-state index in [4.69, 9.17) is 0 Å². The quantitative estimate of drug-likeness (QED) is 0.826. The van der Waals surface area contributed by atoms with Gasteiger partial charge in [-0.2, -0.15) is 0 Å². The van der Waals surface area contributed by atoms with Gasteiger partial charge in [-0.1, -0.05) is 49.2 Å². The van der Waals surface area contributed by atoms with Crippen LogP contribution in [0.5, 0.6) is 5.75 Å². The molecule has 0 radical (unpaired) electrons. The molecule has 0 heterocycles. The van der Waals surface area contributed by atoms with Crippen LogP contribution in [0.1, 0.15) is 24.5 Å². The highest BCUT2D eigenvalue weighted by Crippen LogP contribution is 2.30. The molecule has 0 saturated heterocycles. The standard InChI is InChI=1S/C16H18O/c1-3-4-13-6-8-14(9-7-13)15-11-12(2)5-10-16(15)17/h5-11,17H,3-4H2,1-2H3. The highest BCUT2D eigenvalue weighted by Gasteiger charge is 2.04. The van der Waals surface area contributed by atoms with Crippen LogP contribution < -0.4 is 0 Å². The molecule has 0 unspecified atom stereocenters. The lowest BCUT2D eigenvalue weighted by molar-refractivity contribution is 0.477. The topological polar surface area (TPSA) is 20.2 Å². The van der Waals surface area contributed by atoms with Crippen LogP contribution in [0.25, 0.3) is 11.1 Å². The average molecular weight is 226 g/mol. The second-order valence-corrected chi connectivity index (χ2v) is 4.47. The maximum atomic E-state index is 9.86. The summed E-state index contributed by atoms with van der Waals surface area (Å²) < 4.78 is 0. The minimum absolute atomic E-state index is 0.346. The Kier molecular flexibility index (Phi) is 3.48. The minimum atomic E-state index is 0.346. The number of phenols is 1. The first-order chi connectivity index (χ1) is 8.20.